The van der Waals surface area contributed by atoms with Crippen molar-refractivity contribution < 1.29 is 19.1 Å². The van der Waals surface area contributed by atoms with Crippen LogP contribution in [0.2, 0.25) is 0 Å². The molecule has 2 aromatic carbocycles. The number of ether oxygens (including phenoxy) is 1. The van der Waals surface area contributed by atoms with Crippen LogP contribution in [-0.2, 0) is 16.2 Å². The molecule has 6 nitrogen and oxygen atoms in total. The van der Waals surface area contributed by atoms with E-state index in [9.17, 15) is 14.4 Å². The number of thioether (sulfide) groups is 1. The molecule has 0 aromatic heterocycles. The number of nitrogens with zero attached hydrogens (tertiary/aromatic N) is 2. The smallest absolute Gasteiger partial charge is 0.294 e. The van der Waals surface area contributed by atoms with Crippen molar-refractivity contribution in [3.05, 3.63) is 68.1 Å². The summed E-state index contributed by atoms with van der Waals surface area (Å²) in [6.45, 7) is 1.58. The third kappa shape index (κ3) is 6.17. The predicted molar refractivity (Wildman–Crippen MR) is 138 cm³/mol. The van der Waals surface area contributed by atoms with Gasteiger partial charge in [-0.25, -0.2) is 0 Å². The number of amides is 3. The number of para-hydroxylation sites is 1. The largest absolute Gasteiger partial charge is 0.488 e. The fraction of sp³-hybridized carbons (Fsp3) is 0.320. The zero-order chi connectivity index (χ0) is 23.2. The number of rotatable bonds is 6. The maximum absolute atomic E-state index is 12.9. The minimum absolute atomic E-state index is 0.165. The van der Waals surface area contributed by atoms with Crippen LogP contribution in [0.5, 0.6) is 5.75 Å². The third-order valence-electron chi connectivity index (χ3n) is 5.64. The molecule has 4 rings (SSSR count). The summed E-state index contributed by atoms with van der Waals surface area (Å²) in [5.74, 6) is 0.0332. The standard InChI is InChI=1S/C25H25IN2O4S/c26-20-11-9-18(10-12-20)17-32-21-8-4-3-7-19(21)15-22-24(30)28(25(31)33-22)16-23(29)27-13-5-1-2-6-14-27/h3-4,7-12,15H,1-2,5-6,13-14,16-17H2. The third-order valence-corrected chi connectivity index (χ3v) is 7.27. The Balaban J connectivity index is 1.44. The Labute approximate surface area is 211 Å². The van der Waals surface area contributed by atoms with Crippen LogP contribution in [0.1, 0.15) is 36.8 Å². The quantitative estimate of drug-likeness (QED) is 0.345. The van der Waals surface area contributed by atoms with Crippen LogP contribution in [0, 0.1) is 3.57 Å². The first-order chi connectivity index (χ1) is 16.0. The molecule has 2 fully saturated rings. The molecule has 2 heterocycles. The highest BCUT2D eigenvalue weighted by molar-refractivity contribution is 14.1. The minimum Gasteiger partial charge on any atom is -0.488 e. The van der Waals surface area contributed by atoms with E-state index in [2.05, 4.69) is 22.6 Å². The molecule has 2 saturated heterocycles. The van der Waals surface area contributed by atoms with Gasteiger partial charge < -0.3 is 9.64 Å². The first kappa shape index (κ1) is 23.8. The van der Waals surface area contributed by atoms with Crippen molar-refractivity contribution in [1.29, 1.82) is 0 Å². The second-order valence-corrected chi connectivity index (χ2v) is 10.3. The summed E-state index contributed by atoms with van der Waals surface area (Å²) in [5.41, 5.74) is 1.75. The fourth-order valence-electron chi connectivity index (χ4n) is 3.81. The average molecular weight is 576 g/mol. The van der Waals surface area contributed by atoms with E-state index >= 15 is 0 Å². The Bertz CT molecular complexity index is 1060. The number of carbonyl (C=O) groups is 3. The summed E-state index contributed by atoms with van der Waals surface area (Å²) in [7, 11) is 0. The highest BCUT2D eigenvalue weighted by atomic mass is 127. The summed E-state index contributed by atoms with van der Waals surface area (Å²) < 4.78 is 7.15. The second kappa shape index (κ2) is 11.2. The molecular formula is C25H25IN2O4S. The van der Waals surface area contributed by atoms with Gasteiger partial charge in [0.15, 0.2) is 0 Å². The van der Waals surface area contributed by atoms with Crippen LogP contribution < -0.4 is 4.74 Å². The number of likely N-dealkylation sites (tertiary alicyclic amines) is 1. The normalized spacial score (nSPS) is 18.0. The van der Waals surface area contributed by atoms with Gasteiger partial charge in [0.2, 0.25) is 5.91 Å². The number of halogens is 1. The highest BCUT2D eigenvalue weighted by Crippen LogP contribution is 2.34. The second-order valence-electron chi connectivity index (χ2n) is 8.02. The first-order valence-corrected chi connectivity index (χ1v) is 12.9. The molecule has 0 unspecified atom stereocenters. The fourth-order valence-corrected chi connectivity index (χ4v) is 4.99. The van der Waals surface area contributed by atoms with E-state index in [1.54, 1.807) is 11.0 Å². The molecule has 2 aliphatic rings. The van der Waals surface area contributed by atoms with E-state index in [1.165, 1.54) is 0 Å². The van der Waals surface area contributed by atoms with Crippen LogP contribution in [0.25, 0.3) is 6.08 Å². The van der Waals surface area contributed by atoms with Crippen molar-refractivity contribution in [3.63, 3.8) is 0 Å². The van der Waals surface area contributed by atoms with Gasteiger partial charge in [-0.15, -0.1) is 0 Å². The highest BCUT2D eigenvalue weighted by Gasteiger charge is 2.37. The lowest BCUT2D eigenvalue weighted by Crippen LogP contribution is -2.42. The first-order valence-electron chi connectivity index (χ1n) is 11.0. The molecule has 8 heteroatoms. The molecule has 0 radical (unpaired) electrons. The van der Waals surface area contributed by atoms with Crippen LogP contribution >= 0.6 is 34.4 Å². The number of carbonyl (C=O) groups excluding carboxylic acids is 3. The van der Waals surface area contributed by atoms with Gasteiger partial charge in [0, 0.05) is 22.2 Å². The SMILES string of the molecule is O=C(CN1C(=O)SC(=Cc2ccccc2OCc2ccc(I)cc2)C1=O)N1CCCCCC1. The summed E-state index contributed by atoms with van der Waals surface area (Å²) in [5, 5.41) is -0.410. The molecule has 2 aromatic rings. The Kier molecular flexibility index (Phi) is 8.08. The van der Waals surface area contributed by atoms with E-state index in [0.29, 0.717) is 35.9 Å². The van der Waals surface area contributed by atoms with Crippen molar-refractivity contribution in [2.45, 2.75) is 32.3 Å². The number of hydrogen-bond acceptors (Lipinski definition) is 5. The van der Waals surface area contributed by atoms with E-state index in [4.69, 9.17) is 4.74 Å². The van der Waals surface area contributed by atoms with Crippen molar-refractivity contribution in [3.8, 4) is 5.75 Å². The summed E-state index contributed by atoms with van der Waals surface area (Å²) in [4.78, 5) is 41.3. The molecule has 0 bridgehead atoms. The summed E-state index contributed by atoms with van der Waals surface area (Å²) in [6.07, 6.45) is 5.82. The van der Waals surface area contributed by atoms with Crippen LogP contribution in [-0.4, -0.2) is 46.5 Å². The maximum Gasteiger partial charge on any atom is 0.294 e. The zero-order valence-electron chi connectivity index (χ0n) is 18.2. The lowest BCUT2D eigenvalue weighted by Gasteiger charge is -2.22. The summed E-state index contributed by atoms with van der Waals surface area (Å²) in [6, 6.07) is 15.5. The summed E-state index contributed by atoms with van der Waals surface area (Å²) >= 11 is 3.12. The van der Waals surface area contributed by atoms with Gasteiger partial charge in [0.1, 0.15) is 18.9 Å². The van der Waals surface area contributed by atoms with Crippen molar-refractivity contribution in [2.24, 2.45) is 0 Å². The average Bonchev–Trinajstić information content (AvgIpc) is 3.01. The van der Waals surface area contributed by atoms with Gasteiger partial charge in [-0.1, -0.05) is 43.2 Å². The topological polar surface area (TPSA) is 66.9 Å². The van der Waals surface area contributed by atoms with Crippen molar-refractivity contribution in [1.82, 2.24) is 9.80 Å². The molecule has 0 saturated carbocycles. The van der Waals surface area contributed by atoms with Gasteiger partial charge >= 0.3 is 0 Å². The van der Waals surface area contributed by atoms with E-state index in [1.807, 2.05) is 48.5 Å². The van der Waals surface area contributed by atoms with Gasteiger partial charge in [-0.3, -0.25) is 19.3 Å². The Morgan fingerprint density at radius 1 is 1.00 bits per heavy atom. The lowest BCUT2D eigenvalue weighted by atomic mass is 10.1. The van der Waals surface area contributed by atoms with E-state index < -0.39 is 11.1 Å². The minimum atomic E-state index is -0.430. The molecular weight excluding hydrogens is 551 g/mol. The van der Waals surface area contributed by atoms with E-state index in [-0.39, 0.29) is 12.5 Å². The van der Waals surface area contributed by atoms with Crippen LogP contribution in [0.15, 0.2) is 53.4 Å². The molecule has 0 N–H and O–H groups in total. The molecule has 3 amide bonds. The van der Waals surface area contributed by atoms with Crippen molar-refractivity contribution in [2.75, 3.05) is 19.6 Å². The Morgan fingerprint density at radius 3 is 2.42 bits per heavy atom. The number of hydrogen-bond donors (Lipinski definition) is 0. The van der Waals surface area contributed by atoms with Gasteiger partial charge in [-0.2, -0.15) is 0 Å². The van der Waals surface area contributed by atoms with Crippen molar-refractivity contribution >= 4 is 57.5 Å². The Morgan fingerprint density at radius 2 is 1.70 bits per heavy atom. The Hall–Kier alpha value is -2.33. The van der Waals surface area contributed by atoms with Gasteiger partial charge in [-0.05, 0) is 77.0 Å². The molecule has 172 valence electrons. The molecule has 33 heavy (non-hydrogen) atoms. The van der Waals surface area contributed by atoms with Crippen LogP contribution in [0.4, 0.5) is 4.79 Å². The number of imide groups is 1. The maximum atomic E-state index is 12.9. The van der Waals surface area contributed by atoms with E-state index in [0.717, 1.165) is 51.5 Å². The molecule has 0 atom stereocenters. The predicted octanol–water partition coefficient (Wildman–Crippen LogP) is 5.31. The zero-order valence-corrected chi connectivity index (χ0v) is 21.1. The molecule has 0 aliphatic carbocycles. The van der Waals surface area contributed by atoms with Gasteiger partial charge in [0.25, 0.3) is 11.1 Å². The number of benzene rings is 2. The molecule has 0 spiro atoms. The lowest BCUT2D eigenvalue weighted by molar-refractivity contribution is -0.135. The van der Waals surface area contributed by atoms with Gasteiger partial charge in [0.05, 0.1) is 4.91 Å². The monoisotopic (exact) mass is 576 g/mol. The molecule has 2 aliphatic heterocycles. The van der Waals surface area contributed by atoms with Crippen LogP contribution in [0.3, 0.4) is 0 Å².